The first-order valence-corrected chi connectivity index (χ1v) is 52.4. The molecule has 0 bridgehead atoms. The van der Waals surface area contributed by atoms with Gasteiger partial charge < -0.3 is 126 Å². The molecule has 39 nitrogen and oxygen atoms in total. The van der Waals surface area contributed by atoms with Crippen molar-refractivity contribution in [3.05, 3.63) is 0 Å². The van der Waals surface area contributed by atoms with Crippen molar-refractivity contribution in [2.45, 2.75) is 82.2 Å². The van der Waals surface area contributed by atoms with Crippen molar-refractivity contribution in [3.63, 3.8) is 0 Å². The van der Waals surface area contributed by atoms with E-state index in [-0.39, 0.29) is 222 Å². The number of thiol groups is 5. The average molecular weight is 2270 g/mol. The Morgan fingerprint density at radius 2 is 0.582 bits per heavy atom. The lowest BCUT2D eigenvalue weighted by atomic mass is 10.1. The van der Waals surface area contributed by atoms with Gasteiger partial charge >= 0.3 is 47.8 Å². The van der Waals surface area contributed by atoms with E-state index in [1.807, 2.05) is 16.8 Å². The highest BCUT2D eigenvalue weighted by Crippen LogP contribution is 2.21. The predicted octanol–water partition coefficient (Wildman–Crippen LogP) is -0.423. The van der Waals surface area contributed by atoms with Gasteiger partial charge in [0.2, 0.25) is 0 Å². The van der Waals surface area contributed by atoms with Crippen LogP contribution in [0.4, 0.5) is 0 Å². The first-order valence-electron chi connectivity index (χ1n) is 39.8. The number of ketones is 4. The normalized spacial score (nSPS) is 11.9. The van der Waals surface area contributed by atoms with Crippen LogP contribution in [-0.2, 0) is 95.4 Å². The van der Waals surface area contributed by atoms with Gasteiger partial charge in [0, 0.05) is 158 Å². The molecule has 0 spiro atoms. The van der Waals surface area contributed by atoms with Gasteiger partial charge in [-0.1, -0.05) is 141 Å². The lowest BCUT2D eigenvalue weighted by molar-refractivity contribution is -0.153. The molecule has 14 N–H and O–H groups in total. The van der Waals surface area contributed by atoms with Crippen molar-refractivity contribution in [1.82, 2.24) is 55.1 Å². The topological polar surface area (TPSA) is 520 Å². The Balaban J connectivity index is -0.000000900. The number of rotatable bonds is 66. The second-order valence-corrected chi connectivity index (χ2v) is 36.3. The first-order chi connectivity index (χ1) is 63.4. The molecule has 6 atom stereocenters. The molecule has 134 heavy (non-hydrogen) atoms. The number of esters is 8. The van der Waals surface area contributed by atoms with Crippen LogP contribution in [0, 0.1) is 0 Å². The summed E-state index contributed by atoms with van der Waals surface area (Å²) < 4.78 is 45.9. The number of nitrogens with one attached hydrogen (secondary N) is 3. The number of nitrogens with two attached hydrogens (primary N) is 3. The summed E-state index contributed by atoms with van der Waals surface area (Å²) >= 11 is 84.0. The van der Waals surface area contributed by atoms with E-state index in [1.54, 1.807) is 41.9 Å². The minimum atomic E-state index is -1.27. The number of hydrogen-bond acceptors (Lipinski definition) is 53. The van der Waals surface area contributed by atoms with Crippen LogP contribution >= 0.6 is 245 Å². The molecule has 6 unspecified atom stereocenters. The number of carbonyl (C=O) groups is 12. The van der Waals surface area contributed by atoms with Crippen molar-refractivity contribution in [1.29, 1.82) is 0 Å². The highest BCUT2D eigenvalue weighted by Gasteiger charge is 2.36. The van der Waals surface area contributed by atoms with Crippen LogP contribution in [0.2, 0.25) is 0 Å². The van der Waals surface area contributed by atoms with Gasteiger partial charge in [0.25, 0.3) is 0 Å². The van der Waals surface area contributed by atoms with Crippen LogP contribution in [0.5, 0.6) is 0 Å². The highest BCUT2D eigenvalue weighted by molar-refractivity contribution is 8.25. The van der Waals surface area contributed by atoms with E-state index in [1.165, 1.54) is 59.3 Å². The lowest BCUT2D eigenvalue weighted by Crippen LogP contribution is -2.51. The molecule has 59 heteroatoms. The maximum Gasteiger partial charge on any atom is 0.329 e. The quantitative estimate of drug-likeness (QED) is 0.0159. The molecule has 0 heterocycles. The molecular weight excluding hydrogens is 2140 g/mol. The Bertz CT molecular complexity index is 3300. The van der Waals surface area contributed by atoms with Gasteiger partial charge in [0.15, 0.2) is 23.1 Å². The summed E-state index contributed by atoms with van der Waals surface area (Å²) in [5, 5.41) is 53.6. The fourth-order valence-electron chi connectivity index (χ4n) is 10.9. The molecule has 0 aromatic rings. The van der Waals surface area contributed by atoms with Gasteiger partial charge in [-0.3, -0.25) is 62.5 Å². The van der Waals surface area contributed by atoms with E-state index in [2.05, 4.69) is 108 Å². The molecule has 0 aliphatic rings. The minimum absolute atomic E-state index is 0. The zero-order chi connectivity index (χ0) is 102. The molecule has 0 saturated carbocycles. The highest BCUT2D eigenvalue weighted by atomic mass is 32.2. The number of thioether (sulfide) groups is 4. The lowest BCUT2D eigenvalue weighted by Gasteiger charge is -2.34. The van der Waals surface area contributed by atoms with Gasteiger partial charge in [-0.15, -0.1) is 23.5 Å². The number of ether oxygens (including phenoxy) is 8. The van der Waals surface area contributed by atoms with Crippen LogP contribution in [-0.4, -0.2) is 477 Å². The van der Waals surface area contributed by atoms with Gasteiger partial charge in [-0.05, 0) is 49.5 Å². The zero-order valence-electron chi connectivity index (χ0n) is 74.6. The summed E-state index contributed by atoms with van der Waals surface area (Å²) in [5.74, 6) is -7.78. The van der Waals surface area contributed by atoms with Gasteiger partial charge in [0.05, 0.1) is 89.8 Å². The third-order valence-corrected chi connectivity index (χ3v) is 27.2. The number of thiocarbonyl (C=S) groups is 11. The summed E-state index contributed by atoms with van der Waals surface area (Å²) in [5.41, 5.74) is 16.3. The molecule has 0 aliphatic heterocycles. The number of hydrogen-bond donors (Lipinski definition) is 16. The molecule has 0 radical (unpaired) electrons. The van der Waals surface area contributed by atoms with Crippen molar-refractivity contribution in [2.24, 2.45) is 17.2 Å². The van der Waals surface area contributed by atoms with Crippen molar-refractivity contribution in [3.8, 4) is 0 Å². The van der Waals surface area contributed by atoms with Gasteiger partial charge in [-0.25, -0.2) is 4.79 Å². The second kappa shape index (κ2) is 87.7. The predicted molar refractivity (Wildman–Crippen MR) is 585 cm³/mol. The zero-order valence-corrected chi connectivity index (χ0v) is 91.3. The Kier molecular flexibility index (Phi) is 91.2. The van der Waals surface area contributed by atoms with Crippen LogP contribution < -0.4 is 33.2 Å². The molecule has 0 aliphatic carbocycles. The van der Waals surface area contributed by atoms with Crippen LogP contribution in [0.25, 0.3) is 0 Å². The number of aliphatic hydroxyl groups is 5. The molecule has 0 aromatic heterocycles. The SMILES string of the molecule is C.CO.COC(=O)C(CC(=O)OCCN(CCOC(=O)CC(C(=O)CO)N(CCN(C(=S)CS)C(=S)CS)C(=S)CS)CCOC(=O)CC(C(=O)CO)N(CCN(C(=S)CS)C(=S)CS)C(=S)SC)N(CCN(C(=S)SC)C(=S)SC)C(=S)SC.COC(=O)C(CC(=O)OCCN(CCOC(=O)CC(NCCN)C(=O)CO)CCOC(=O)CC(NCCN)C(=O)CO)NCCN.S=C=S. The van der Waals surface area contributed by atoms with E-state index in [9.17, 15) is 67.7 Å². The molecule has 0 amide bonds. The molecule has 0 fully saturated rings. The summed E-state index contributed by atoms with van der Waals surface area (Å²) in [6.07, 6.45) is 4.55. The maximum absolute atomic E-state index is 13.6. The van der Waals surface area contributed by atoms with Crippen molar-refractivity contribution >= 4 is 362 Å². The largest absolute Gasteiger partial charge is 0.468 e. The van der Waals surface area contributed by atoms with Crippen LogP contribution in [0.3, 0.4) is 0 Å². The molecule has 0 rings (SSSR count). The fourth-order valence-corrected chi connectivity index (χ4v) is 15.7. The van der Waals surface area contributed by atoms with Crippen LogP contribution in [0.1, 0.15) is 46.0 Å². The standard InChI is InChI=1S/C45H69N7O12S18.C27H51N7O12.CH4O.CS2.CH4/c1-61-41(60)30(49(43(76)80-3)8-11-52(44(77)81-4)45(78)82-5)20-40(59)64-17-14-46(12-15-62-38(57)18-28(31(55)21-53)47(33(70)23-65)6-9-50(34(71)24-66)35(72)25-67)13-16-63-39(58)19-29(32(56)22-54)48(42(75)79-2)7-10-51(36(73)26-68)37(74)27-69;1-43-27(42)21(33-7-4-30)16-26(41)46-13-10-34(8-11-44-24(39)14-19(22(37)17-35)31-5-2-28)9-12-45-25(40)15-20(23(38)18-36)32-6-3-29;1-2;2-1-3;/h28-30,53-54,65-69H,6-27H2,1-5H3;19-21,31-33,35-36H,2-18,28-30H2,1H3;2H,1H3;;1H4. The second-order valence-electron chi connectivity index (χ2n) is 26.0. The molecule has 768 valence electrons. The van der Waals surface area contributed by atoms with Crippen molar-refractivity contribution < 1.29 is 121 Å². The van der Waals surface area contributed by atoms with E-state index < -0.39 is 153 Å². The number of carbonyl (C=O) groups excluding carboxylic acids is 12. The maximum atomic E-state index is 13.6. The van der Waals surface area contributed by atoms with Crippen molar-refractivity contribution in [2.75, 3.05) is 259 Å². The fraction of sp³-hybridized carbons (Fsp3) is 0.707. The molecule has 0 aromatic carbocycles. The minimum Gasteiger partial charge on any atom is -0.468 e. The van der Waals surface area contributed by atoms with E-state index in [4.69, 9.17) is 176 Å². The third-order valence-electron chi connectivity index (χ3n) is 17.6. The van der Waals surface area contributed by atoms with E-state index >= 15 is 0 Å². The Morgan fingerprint density at radius 3 is 0.843 bits per heavy atom. The Morgan fingerprint density at radius 1 is 0.343 bits per heavy atom. The van der Waals surface area contributed by atoms with E-state index in [0.717, 1.165) is 18.9 Å². The Labute approximate surface area is 888 Å². The first kappa shape index (κ1) is 139. The van der Waals surface area contributed by atoms with Gasteiger partial charge in [0.1, 0.15) is 108 Å². The number of Topliss-reactive ketones (excluding diaryl/α,β-unsaturated/α-hetero) is 4. The smallest absolute Gasteiger partial charge is 0.329 e. The summed E-state index contributed by atoms with van der Waals surface area (Å²) in [4.78, 5) is 168. The molecule has 0 saturated heterocycles. The monoisotopic (exact) mass is 2260 g/mol. The summed E-state index contributed by atoms with van der Waals surface area (Å²) in [6.45, 7) is -2.15. The number of nitrogens with zero attached hydrogens (tertiary/aromatic N) is 8. The third kappa shape index (κ3) is 61.0. The Hall–Kier alpha value is -3.10. The number of methoxy groups -OCH3 is 2. The molecular formula is C75H128N14O25S20. The van der Waals surface area contributed by atoms with Gasteiger partial charge in [-0.2, -0.15) is 63.1 Å². The summed E-state index contributed by atoms with van der Waals surface area (Å²) in [6, 6.07) is -6.59. The number of aliphatic hydroxyl groups excluding tert-OH is 5. The van der Waals surface area contributed by atoms with Crippen LogP contribution in [0.15, 0.2) is 0 Å². The average Bonchev–Trinajstić information content (AvgIpc) is 0.851. The summed E-state index contributed by atoms with van der Waals surface area (Å²) in [7, 11) is 3.37. The van der Waals surface area contributed by atoms with E-state index in [0.29, 0.717) is 32.9 Å².